The molecule has 0 atom stereocenters. The molecular weight excluding hydrogens is 164 g/mol. The van der Waals surface area contributed by atoms with Crippen LogP contribution in [-0.4, -0.2) is 25.5 Å². The Morgan fingerprint density at radius 3 is 2.77 bits per heavy atom. The molecule has 0 aromatic rings. The van der Waals surface area contributed by atoms with Gasteiger partial charge in [0.1, 0.15) is 0 Å². The highest BCUT2D eigenvalue weighted by Gasteiger charge is 2.28. The maximum absolute atomic E-state index is 11.1. The Bertz CT molecular complexity index is 203. The Morgan fingerprint density at radius 2 is 2.15 bits per heavy atom. The summed E-state index contributed by atoms with van der Waals surface area (Å²) in [5, 5.41) is 6.01. The van der Waals surface area contributed by atoms with Gasteiger partial charge < -0.3 is 10.6 Å². The minimum absolute atomic E-state index is 0.207. The zero-order chi connectivity index (χ0) is 9.52. The van der Waals surface area contributed by atoms with Gasteiger partial charge in [-0.05, 0) is 12.8 Å². The zero-order valence-electron chi connectivity index (χ0n) is 7.81. The molecule has 1 rings (SSSR count). The summed E-state index contributed by atoms with van der Waals surface area (Å²) >= 11 is 0. The molecule has 0 unspecified atom stereocenters. The lowest BCUT2D eigenvalue weighted by molar-refractivity contribution is -0.122. The number of amides is 1. The van der Waals surface area contributed by atoms with E-state index in [2.05, 4.69) is 16.6 Å². The molecule has 0 aliphatic heterocycles. The third kappa shape index (κ3) is 4.54. The highest BCUT2D eigenvalue weighted by molar-refractivity contribution is 5.80. The zero-order valence-corrected chi connectivity index (χ0v) is 7.81. The normalized spacial score (nSPS) is 15.0. The van der Waals surface area contributed by atoms with E-state index in [1.54, 1.807) is 0 Å². The largest absolute Gasteiger partial charge is 0.355 e. The van der Waals surface area contributed by atoms with Crippen LogP contribution in [0.4, 0.5) is 0 Å². The molecule has 0 saturated heterocycles. The molecule has 72 valence electrons. The standard InChI is InChI=1S/C10H16N2O/c1-2-3-6-11-7-8-12-10(13)9-4-5-9/h1,9,11H,3-8H2,(H,12,13). The van der Waals surface area contributed by atoms with Gasteiger partial charge >= 0.3 is 0 Å². The van der Waals surface area contributed by atoms with Gasteiger partial charge in [-0.1, -0.05) is 0 Å². The molecule has 13 heavy (non-hydrogen) atoms. The van der Waals surface area contributed by atoms with Gasteiger partial charge in [0.25, 0.3) is 0 Å². The van der Waals surface area contributed by atoms with Crippen LogP contribution in [0.5, 0.6) is 0 Å². The van der Waals surface area contributed by atoms with Gasteiger partial charge in [-0.3, -0.25) is 4.79 Å². The van der Waals surface area contributed by atoms with Crippen molar-refractivity contribution in [3.63, 3.8) is 0 Å². The van der Waals surface area contributed by atoms with Crippen LogP contribution in [0.15, 0.2) is 0 Å². The number of nitrogens with one attached hydrogen (secondary N) is 2. The van der Waals surface area contributed by atoms with E-state index in [1.807, 2.05) is 0 Å². The van der Waals surface area contributed by atoms with Crippen molar-refractivity contribution in [3.05, 3.63) is 0 Å². The summed E-state index contributed by atoms with van der Waals surface area (Å²) in [6.07, 6.45) is 7.96. The minimum atomic E-state index is 0.207. The number of carbonyl (C=O) groups excluding carboxylic acids is 1. The van der Waals surface area contributed by atoms with E-state index in [9.17, 15) is 4.79 Å². The smallest absolute Gasteiger partial charge is 0.223 e. The summed E-state index contributed by atoms with van der Waals surface area (Å²) in [6, 6.07) is 0. The van der Waals surface area contributed by atoms with Crippen LogP contribution in [-0.2, 0) is 4.79 Å². The van der Waals surface area contributed by atoms with Crippen molar-refractivity contribution in [1.82, 2.24) is 10.6 Å². The first-order valence-electron chi connectivity index (χ1n) is 4.76. The quantitative estimate of drug-likeness (QED) is 0.450. The average molecular weight is 180 g/mol. The predicted molar refractivity (Wildman–Crippen MR) is 52.1 cm³/mol. The predicted octanol–water partition coefficient (Wildman–Crippen LogP) is 0.125. The Kier molecular flexibility index (Phi) is 4.34. The molecule has 0 aromatic carbocycles. The van der Waals surface area contributed by atoms with Crippen molar-refractivity contribution in [1.29, 1.82) is 0 Å². The molecule has 1 amide bonds. The highest BCUT2D eigenvalue weighted by Crippen LogP contribution is 2.28. The molecule has 0 radical (unpaired) electrons. The lowest BCUT2D eigenvalue weighted by Gasteiger charge is -2.04. The molecule has 1 aliphatic rings. The molecular formula is C10H16N2O. The van der Waals surface area contributed by atoms with Crippen LogP contribution in [0.25, 0.3) is 0 Å². The van der Waals surface area contributed by atoms with Gasteiger partial charge in [0.2, 0.25) is 5.91 Å². The van der Waals surface area contributed by atoms with Gasteiger partial charge in [0.05, 0.1) is 0 Å². The maximum Gasteiger partial charge on any atom is 0.223 e. The van der Waals surface area contributed by atoms with E-state index in [1.165, 1.54) is 0 Å². The fraction of sp³-hybridized carbons (Fsp3) is 0.700. The van der Waals surface area contributed by atoms with Gasteiger partial charge in [-0.25, -0.2) is 0 Å². The number of rotatable bonds is 6. The SMILES string of the molecule is C#CCCNCCNC(=O)C1CC1. The summed E-state index contributed by atoms with van der Waals surface area (Å²) < 4.78 is 0. The van der Waals surface area contributed by atoms with E-state index in [0.717, 1.165) is 32.4 Å². The molecule has 0 bridgehead atoms. The van der Waals surface area contributed by atoms with Crippen molar-refractivity contribution in [3.8, 4) is 12.3 Å². The topological polar surface area (TPSA) is 41.1 Å². The van der Waals surface area contributed by atoms with Crippen LogP contribution in [0, 0.1) is 18.3 Å². The second-order valence-corrected chi connectivity index (χ2v) is 3.27. The molecule has 3 nitrogen and oxygen atoms in total. The Morgan fingerprint density at radius 1 is 1.38 bits per heavy atom. The third-order valence-corrected chi connectivity index (χ3v) is 2.00. The third-order valence-electron chi connectivity index (χ3n) is 2.00. The molecule has 1 aliphatic carbocycles. The second kappa shape index (κ2) is 5.60. The van der Waals surface area contributed by atoms with E-state index < -0.39 is 0 Å². The van der Waals surface area contributed by atoms with Crippen LogP contribution in [0.3, 0.4) is 0 Å². The van der Waals surface area contributed by atoms with E-state index in [0.29, 0.717) is 12.5 Å². The fourth-order valence-electron chi connectivity index (χ4n) is 1.05. The summed E-state index contributed by atoms with van der Waals surface area (Å²) in [5.41, 5.74) is 0. The first-order valence-corrected chi connectivity index (χ1v) is 4.76. The summed E-state index contributed by atoms with van der Waals surface area (Å²) in [5.74, 6) is 3.06. The van der Waals surface area contributed by atoms with Crippen molar-refractivity contribution in [2.75, 3.05) is 19.6 Å². The van der Waals surface area contributed by atoms with Crippen LogP contribution >= 0.6 is 0 Å². The van der Waals surface area contributed by atoms with E-state index >= 15 is 0 Å². The monoisotopic (exact) mass is 180 g/mol. The maximum atomic E-state index is 11.1. The first-order chi connectivity index (χ1) is 6.34. The summed E-state index contributed by atoms with van der Waals surface area (Å²) in [4.78, 5) is 11.1. The van der Waals surface area contributed by atoms with Crippen LogP contribution in [0.1, 0.15) is 19.3 Å². The molecule has 3 heteroatoms. The molecule has 1 fully saturated rings. The lowest BCUT2D eigenvalue weighted by Crippen LogP contribution is -2.32. The molecule has 0 aromatic heterocycles. The van der Waals surface area contributed by atoms with Crippen molar-refractivity contribution in [2.45, 2.75) is 19.3 Å². The van der Waals surface area contributed by atoms with Gasteiger partial charge in [-0.2, -0.15) is 0 Å². The first kappa shape index (κ1) is 10.1. The number of terminal acetylenes is 1. The van der Waals surface area contributed by atoms with Crippen molar-refractivity contribution >= 4 is 5.91 Å². The summed E-state index contributed by atoms with van der Waals surface area (Å²) in [6.45, 7) is 2.34. The Hall–Kier alpha value is -1.01. The van der Waals surface area contributed by atoms with Gasteiger partial charge in [0.15, 0.2) is 0 Å². The van der Waals surface area contributed by atoms with Crippen LogP contribution in [0.2, 0.25) is 0 Å². The minimum Gasteiger partial charge on any atom is -0.355 e. The Balaban J connectivity index is 1.83. The molecule has 0 spiro atoms. The van der Waals surface area contributed by atoms with Crippen molar-refractivity contribution < 1.29 is 4.79 Å². The van der Waals surface area contributed by atoms with Crippen LogP contribution < -0.4 is 10.6 Å². The number of carbonyl (C=O) groups is 1. The van der Waals surface area contributed by atoms with Gasteiger partial charge in [0, 0.05) is 32.0 Å². The summed E-state index contributed by atoms with van der Waals surface area (Å²) in [7, 11) is 0. The Labute approximate surface area is 79.3 Å². The lowest BCUT2D eigenvalue weighted by atomic mass is 10.4. The second-order valence-electron chi connectivity index (χ2n) is 3.27. The van der Waals surface area contributed by atoms with Crippen molar-refractivity contribution in [2.24, 2.45) is 5.92 Å². The molecule has 0 heterocycles. The number of hydrogen-bond donors (Lipinski definition) is 2. The van der Waals surface area contributed by atoms with E-state index in [-0.39, 0.29) is 5.91 Å². The van der Waals surface area contributed by atoms with E-state index in [4.69, 9.17) is 6.42 Å². The number of hydrogen-bond acceptors (Lipinski definition) is 2. The average Bonchev–Trinajstić information content (AvgIpc) is 2.93. The van der Waals surface area contributed by atoms with Gasteiger partial charge in [-0.15, -0.1) is 12.3 Å². The highest BCUT2D eigenvalue weighted by atomic mass is 16.2. The fourth-order valence-corrected chi connectivity index (χ4v) is 1.05. The molecule has 1 saturated carbocycles. The molecule has 2 N–H and O–H groups in total.